The van der Waals surface area contributed by atoms with Crippen LogP contribution >= 0.6 is 11.6 Å². The van der Waals surface area contributed by atoms with Crippen molar-refractivity contribution in [2.45, 2.75) is 20.8 Å². The van der Waals surface area contributed by atoms with E-state index >= 15 is 0 Å². The minimum atomic E-state index is -1.01. The van der Waals surface area contributed by atoms with Gasteiger partial charge in [0.1, 0.15) is 0 Å². The fourth-order valence-electron chi connectivity index (χ4n) is 1.50. The number of hydrogen-bond acceptors (Lipinski definition) is 3. The second-order valence-corrected chi connectivity index (χ2v) is 5.05. The number of benzene rings is 1. The quantitative estimate of drug-likeness (QED) is 0.776. The third-order valence-electron chi connectivity index (χ3n) is 2.31. The molecule has 0 aromatic heterocycles. The molecule has 0 saturated heterocycles. The third kappa shape index (κ3) is 5.13. The van der Waals surface area contributed by atoms with E-state index in [1.54, 1.807) is 12.1 Å². The molecule has 0 unspecified atom stereocenters. The first-order valence-corrected chi connectivity index (χ1v) is 6.82. The Hall–Kier alpha value is -1.68. The van der Waals surface area contributed by atoms with Gasteiger partial charge in [-0.05, 0) is 36.6 Å². The fourth-order valence-corrected chi connectivity index (χ4v) is 1.78. The molecule has 0 heterocycles. The van der Waals surface area contributed by atoms with E-state index in [0.29, 0.717) is 41.2 Å². The van der Waals surface area contributed by atoms with E-state index < -0.39 is 5.97 Å². The van der Waals surface area contributed by atoms with E-state index in [-0.39, 0.29) is 0 Å². The molecule has 5 heteroatoms. The summed E-state index contributed by atoms with van der Waals surface area (Å²) in [7, 11) is 0. The van der Waals surface area contributed by atoms with Gasteiger partial charge in [-0.25, -0.2) is 4.79 Å². The van der Waals surface area contributed by atoms with Crippen molar-refractivity contribution in [1.82, 2.24) is 0 Å². The molecule has 1 N–H and O–H groups in total. The second kappa shape index (κ2) is 7.80. The molecule has 0 saturated carbocycles. The van der Waals surface area contributed by atoms with E-state index in [0.717, 1.165) is 6.08 Å². The maximum Gasteiger partial charge on any atom is 0.328 e. The Kier molecular flexibility index (Phi) is 6.39. The first kappa shape index (κ1) is 16.4. The smallest absolute Gasteiger partial charge is 0.328 e. The van der Waals surface area contributed by atoms with Gasteiger partial charge in [0.15, 0.2) is 11.5 Å². The van der Waals surface area contributed by atoms with Gasteiger partial charge in [0, 0.05) is 6.08 Å². The molecule has 20 heavy (non-hydrogen) atoms. The molecule has 0 spiro atoms. The van der Waals surface area contributed by atoms with Gasteiger partial charge < -0.3 is 14.6 Å². The zero-order valence-corrected chi connectivity index (χ0v) is 12.6. The lowest BCUT2D eigenvalue weighted by Gasteiger charge is -2.15. The summed E-state index contributed by atoms with van der Waals surface area (Å²) in [6.45, 7) is 6.95. The topological polar surface area (TPSA) is 55.8 Å². The summed E-state index contributed by atoms with van der Waals surface area (Å²) in [6.07, 6.45) is 2.51. The van der Waals surface area contributed by atoms with Gasteiger partial charge in [-0.15, -0.1) is 0 Å². The number of carbonyl (C=O) groups is 1. The van der Waals surface area contributed by atoms with Crippen LogP contribution in [-0.4, -0.2) is 24.3 Å². The van der Waals surface area contributed by atoms with Gasteiger partial charge in [0.05, 0.1) is 18.2 Å². The summed E-state index contributed by atoms with van der Waals surface area (Å²) in [6, 6.07) is 3.36. The average molecular weight is 299 g/mol. The van der Waals surface area contributed by atoms with Gasteiger partial charge in [-0.3, -0.25) is 0 Å². The molecule has 0 radical (unpaired) electrons. The standard InChI is InChI=1S/C15H19ClO4/c1-4-19-13-8-11(5-6-14(17)18)7-12(16)15(13)20-9-10(2)3/h5-8,10H,4,9H2,1-3H3,(H,17,18)/b6-5+. The molecule has 0 amide bonds. The monoisotopic (exact) mass is 298 g/mol. The normalized spacial score (nSPS) is 11.1. The molecule has 0 fully saturated rings. The molecule has 1 aromatic rings. The maximum atomic E-state index is 10.5. The lowest BCUT2D eigenvalue weighted by Crippen LogP contribution is -2.06. The molecule has 1 rings (SSSR count). The summed E-state index contributed by atoms with van der Waals surface area (Å²) in [5.74, 6) is 0.367. The Bertz CT molecular complexity index is 495. The molecule has 0 aliphatic carbocycles. The zero-order valence-electron chi connectivity index (χ0n) is 11.9. The van der Waals surface area contributed by atoms with Crippen LogP contribution in [0.4, 0.5) is 0 Å². The number of ether oxygens (including phenoxy) is 2. The van der Waals surface area contributed by atoms with Crippen molar-refractivity contribution >= 4 is 23.6 Å². The van der Waals surface area contributed by atoms with Crippen molar-refractivity contribution in [2.75, 3.05) is 13.2 Å². The number of halogens is 1. The average Bonchev–Trinajstić information content (AvgIpc) is 2.35. The van der Waals surface area contributed by atoms with Gasteiger partial charge in [-0.2, -0.15) is 0 Å². The van der Waals surface area contributed by atoms with Crippen LogP contribution < -0.4 is 9.47 Å². The van der Waals surface area contributed by atoms with Crippen LogP contribution in [0.5, 0.6) is 11.5 Å². The van der Waals surface area contributed by atoms with E-state index in [2.05, 4.69) is 0 Å². The first-order valence-electron chi connectivity index (χ1n) is 6.44. The van der Waals surface area contributed by atoms with Crippen molar-refractivity contribution in [3.05, 3.63) is 28.8 Å². The van der Waals surface area contributed by atoms with Crippen LogP contribution in [0.15, 0.2) is 18.2 Å². The Morgan fingerprint density at radius 3 is 2.65 bits per heavy atom. The first-order chi connectivity index (χ1) is 9.43. The number of carboxylic acids is 1. The van der Waals surface area contributed by atoms with Crippen LogP contribution in [0.25, 0.3) is 6.08 Å². The number of carboxylic acid groups (broad SMARTS) is 1. The summed E-state index contributed by atoms with van der Waals surface area (Å²) in [4.78, 5) is 10.5. The van der Waals surface area contributed by atoms with E-state index in [4.69, 9.17) is 26.2 Å². The molecule has 0 bridgehead atoms. The number of aliphatic carboxylic acids is 1. The van der Waals surface area contributed by atoms with E-state index in [9.17, 15) is 4.79 Å². The Morgan fingerprint density at radius 1 is 1.40 bits per heavy atom. The highest BCUT2D eigenvalue weighted by molar-refractivity contribution is 6.32. The van der Waals surface area contributed by atoms with Crippen LogP contribution in [0.2, 0.25) is 5.02 Å². The highest BCUT2D eigenvalue weighted by Gasteiger charge is 2.12. The minimum absolute atomic E-state index is 0.368. The van der Waals surface area contributed by atoms with Crippen LogP contribution in [0.3, 0.4) is 0 Å². The fraction of sp³-hybridized carbons (Fsp3) is 0.400. The summed E-state index contributed by atoms with van der Waals surface area (Å²) >= 11 is 6.18. The van der Waals surface area contributed by atoms with Gasteiger partial charge in [-0.1, -0.05) is 25.4 Å². The number of rotatable bonds is 7. The van der Waals surface area contributed by atoms with Gasteiger partial charge in [0.2, 0.25) is 0 Å². The van der Waals surface area contributed by atoms with Crippen molar-refractivity contribution < 1.29 is 19.4 Å². The van der Waals surface area contributed by atoms with Gasteiger partial charge in [0.25, 0.3) is 0 Å². The largest absolute Gasteiger partial charge is 0.490 e. The van der Waals surface area contributed by atoms with E-state index in [1.165, 1.54) is 6.08 Å². The van der Waals surface area contributed by atoms with Crippen molar-refractivity contribution in [1.29, 1.82) is 0 Å². The molecular weight excluding hydrogens is 280 g/mol. The third-order valence-corrected chi connectivity index (χ3v) is 2.59. The van der Waals surface area contributed by atoms with Crippen LogP contribution in [-0.2, 0) is 4.79 Å². The summed E-state index contributed by atoms with van der Waals surface area (Å²) in [5.41, 5.74) is 0.651. The second-order valence-electron chi connectivity index (χ2n) is 4.64. The maximum absolute atomic E-state index is 10.5. The minimum Gasteiger partial charge on any atom is -0.490 e. The van der Waals surface area contributed by atoms with Crippen molar-refractivity contribution in [2.24, 2.45) is 5.92 Å². The zero-order chi connectivity index (χ0) is 15.1. The predicted molar refractivity (Wildman–Crippen MR) is 79.6 cm³/mol. The molecule has 0 aliphatic heterocycles. The van der Waals surface area contributed by atoms with Crippen LogP contribution in [0, 0.1) is 5.92 Å². The highest BCUT2D eigenvalue weighted by Crippen LogP contribution is 2.37. The molecule has 0 aliphatic rings. The highest BCUT2D eigenvalue weighted by atomic mass is 35.5. The molecule has 4 nitrogen and oxygen atoms in total. The molecule has 110 valence electrons. The number of hydrogen-bond donors (Lipinski definition) is 1. The van der Waals surface area contributed by atoms with Crippen LogP contribution in [0.1, 0.15) is 26.3 Å². The Balaban J connectivity index is 3.07. The van der Waals surface area contributed by atoms with Gasteiger partial charge >= 0.3 is 5.97 Å². The predicted octanol–water partition coefficient (Wildman–Crippen LogP) is 3.87. The molecule has 0 atom stereocenters. The SMILES string of the molecule is CCOc1cc(/C=C/C(=O)O)cc(Cl)c1OCC(C)C. The summed E-state index contributed by atoms with van der Waals surface area (Å²) in [5, 5.41) is 9.05. The van der Waals surface area contributed by atoms with E-state index in [1.807, 2.05) is 20.8 Å². The lowest BCUT2D eigenvalue weighted by atomic mass is 10.2. The Morgan fingerprint density at radius 2 is 2.10 bits per heavy atom. The molecular formula is C15H19ClO4. The Labute approximate surface area is 124 Å². The summed E-state index contributed by atoms with van der Waals surface area (Å²) < 4.78 is 11.2. The molecule has 1 aromatic carbocycles. The van der Waals surface area contributed by atoms with Crippen molar-refractivity contribution in [3.63, 3.8) is 0 Å². The lowest BCUT2D eigenvalue weighted by molar-refractivity contribution is -0.131. The van der Waals surface area contributed by atoms with Crippen molar-refractivity contribution in [3.8, 4) is 11.5 Å².